The predicted molar refractivity (Wildman–Crippen MR) is 120 cm³/mol. The minimum Gasteiger partial charge on any atom is -0.461 e. The van der Waals surface area contributed by atoms with Crippen molar-refractivity contribution in [2.24, 2.45) is 11.3 Å². The summed E-state index contributed by atoms with van der Waals surface area (Å²) in [5, 5.41) is 12.8. The molecule has 0 spiro atoms. The Hall–Kier alpha value is -2.80. The molecule has 2 bridgehead atoms. The van der Waals surface area contributed by atoms with Crippen molar-refractivity contribution in [3.63, 3.8) is 0 Å². The van der Waals surface area contributed by atoms with Crippen molar-refractivity contribution < 1.29 is 29.0 Å². The summed E-state index contributed by atoms with van der Waals surface area (Å²) in [4.78, 5) is 50.2. The van der Waals surface area contributed by atoms with Gasteiger partial charge in [0.2, 0.25) is 5.78 Å². The molecule has 0 unspecified atom stereocenters. The van der Waals surface area contributed by atoms with Crippen molar-refractivity contribution in [3.05, 3.63) is 47.6 Å². The molecule has 2 aliphatic heterocycles. The molecular formula is C25H33NO6. The second-order valence-corrected chi connectivity index (χ2v) is 8.81. The molecule has 32 heavy (non-hydrogen) atoms. The van der Waals surface area contributed by atoms with Gasteiger partial charge in [-0.2, -0.15) is 0 Å². The third-order valence-electron chi connectivity index (χ3n) is 6.08. The second-order valence-electron chi connectivity index (χ2n) is 8.81. The van der Waals surface area contributed by atoms with Gasteiger partial charge in [0.15, 0.2) is 5.78 Å². The first-order valence-corrected chi connectivity index (χ1v) is 10.9. The van der Waals surface area contributed by atoms with Gasteiger partial charge in [-0.15, -0.1) is 0 Å². The molecule has 5 atom stereocenters. The minimum atomic E-state index is -1.68. The highest BCUT2D eigenvalue weighted by Crippen LogP contribution is 2.38. The third-order valence-corrected chi connectivity index (χ3v) is 6.08. The number of amides is 1. The number of fused-ring (bicyclic) bond motifs is 10. The lowest BCUT2D eigenvalue weighted by Crippen LogP contribution is -2.61. The van der Waals surface area contributed by atoms with Crippen LogP contribution in [0.4, 0.5) is 0 Å². The fourth-order valence-corrected chi connectivity index (χ4v) is 3.85. The summed E-state index contributed by atoms with van der Waals surface area (Å²) in [7, 11) is 0. The molecule has 2 N–H and O–H groups in total. The molecule has 3 aliphatic rings. The molecule has 1 amide bonds. The first-order chi connectivity index (χ1) is 15.0. The van der Waals surface area contributed by atoms with Crippen LogP contribution in [0.25, 0.3) is 0 Å². The molecule has 0 aromatic rings. The third kappa shape index (κ3) is 5.91. The Morgan fingerprint density at radius 3 is 2.53 bits per heavy atom. The minimum absolute atomic E-state index is 0.343. The van der Waals surface area contributed by atoms with Crippen LogP contribution in [0.3, 0.4) is 0 Å². The van der Waals surface area contributed by atoms with Crippen LogP contribution in [0.2, 0.25) is 0 Å². The van der Waals surface area contributed by atoms with E-state index < -0.39 is 47.2 Å². The molecule has 0 aromatic carbocycles. The molecule has 0 saturated carbocycles. The Labute approximate surface area is 189 Å². The Morgan fingerprint density at radius 1 is 1.19 bits per heavy atom. The van der Waals surface area contributed by atoms with Gasteiger partial charge in [0.05, 0.1) is 18.1 Å². The van der Waals surface area contributed by atoms with E-state index in [-0.39, 0.29) is 5.78 Å². The maximum atomic E-state index is 13.4. The number of nitrogens with one attached hydrogen (secondary N) is 1. The topological polar surface area (TPSA) is 110 Å². The Balaban J connectivity index is 2.53. The highest BCUT2D eigenvalue weighted by molar-refractivity contribution is 6.35. The number of carbonyl (C=O) groups excluding carboxylic acids is 4. The van der Waals surface area contributed by atoms with Gasteiger partial charge in [-0.05, 0) is 40.0 Å². The zero-order valence-electron chi connectivity index (χ0n) is 19.4. The zero-order chi connectivity index (χ0) is 24.1. The summed E-state index contributed by atoms with van der Waals surface area (Å²) in [6.45, 7) is 7.94. The van der Waals surface area contributed by atoms with E-state index in [1.54, 1.807) is 32.1 Å². The molecule has 0 aromatic heterocycles. The summed E-state index contributed by atoms with van der Waals surface area (Å²) in [5.41, 5.74) is -0.0748. The summed E-state index contributed by atoms with van der Waals surface area (Å²) >= 11 is 0. The summed E-state index contributed by atoms with van der Waals surface area (Å²) < 4.78 is 5.68. The Bertz CT molecular complexity index is 896. The lowest BCUT2D eigenvalue weighted by Gasteiger charge is -2.42. The van der Waals surface area contributed by atoms with Crippen LogP contribution in [-0.2, 0) is 23.9 Å². The van der Waals surface area contributed by atoms with E-state index in [9.17, 15) is 24.3 Å². The standard InChI is InChI=1S/C25H33NO6/c1-15-8-6-7-9-20-17(3)22(29)25(5,24(31)32-20)21(26-23(30)18(4)27)14-16(2)11-13-19(28)12-10-15/h6,8,10-11,13-14,17,19-21,28H,7,9,12H2,1-5H3,(H,26,30)/b8-6-,13-11-,15-10-,16-14-/t17-,19+,20-,21-,25+/m1/s1. The fourth-order valence-electron chi connectivity index (χ4n) is 3.85. The molecule has 3 rings (SSSR count). The maximum absolute atomic E-state index is 13.4. The van der Waals surface area contributed by atoms with E-state index in [1.807, 2.05) is 25.2 Å². The van der Waals surface area contributed by atoms with E-state index in [0.29, 0.717) is 24.8 Å². The number of aliphatic hydroxyl groups is 1. The normalized spacial score (nSPS) is 37.2. The number of rotatable bonds is 2. The number of hydrogen-bond donors (Lipinski definition) is 2. The quantitative estimate of drug-likeness (QED) is 0.386. The SMILES string of the molecule is CC(=O)C(=O)N[C@@H]1/C=C(C)\C=C/[C@@H](O)C/C=C(C)\C=C/CC[C@H]2OC(=O)[C@]1(C)C(=O)[C@@H]2C. The van der Waals surface area contributed by atoms with Crippen LogP contribution in [0, 0.1) is 11.3 Å². The van der Waals surface area contributed by atoms with Gasteiger partial charge in [-0.25, -0.2) is 0 Å². The van der Waals surface area contributed by atoms with E-state index >= 15 is 0 Å². The highest BCUT2D eigenvalue weighted by atomic mass is 16.5. The Morgan fingerprint density at radius 2 is 1.88 bits per heavy atom. The number of esters is 1. The highest BCUT2D eigenvalue weighted by Gasteiger charge is 2.56. The van der Waals surface area contributed by atoms with E-state index in [4.69, 9.17) is 4.74 Å². The van der Waals surface area contributed by atoms with Crippen LogP contribution >= 0.6 is 0 Å². The van der Waals surface area contributed by atoms with Crippen LogP contribution in [0.15, 0.2) is 47.6 Å². The zero-order valence-corrected chi connectivity index (χ0v) is 19.4. The largest absolute Gasteiger partial charge is 0.461 e. The lowest BCUT2D eigenvalue weighted by molar-refractivity contribution is -0.180. The fraction of sp³-hybridized carbons (Fsp3) is 0.520. The van der Waals surface area contributed by atoms with Crippen LogP contribution < -0.4 is 5.32 Å². The van der Waals surface area contributed by atoms with E-state index in [0.717, 1.165) is 12.5 Å². The molecule has 0 radical (unpaired) electrons. The summed E-state index contributed by atoms with van der Waals surface area (Å²) in [6, 6.07) is -1.08. The van der Waals surface area contributed by atoms with E-state index in [2.05, 4.69) is 5.32 Å². The van der Waals surface area contributed by atoms with Crippen molar-refractivity contribution in [3.8, 4) is 0 Å². The monoisotopic (exact) mass is 443 g/mol. The van der Waals surface area contributed by atoms with E-state index in [1.165, 1.54) is 6.92 Å². The van der Waals surface area contributed by atoms with Gasteiger partial charge in [0.25, 0.3) is 5.91 Å². The van der Waals surface area contributed by atoms with Crippen LogP contribution in [-0.4, -0.2) is 46.8 Å². The number of allylic oxidation sites excluding steroid dienone is 5. The molecule has 1 aliphatic carbocycles. The van der Waals surface area contributed by atoms with Crippen LogP contribution in [0.1, 0.15) is 53.9 Å². The van der Waals surface area contributed by atoms with Gasteiger partial charge >= 0.3 is 5.97 Å². The Kier molecular flexibility index (Phi) is 8.50. The van der Waals surface area contributed by atoms with Crippen molar-refractivity contribution >= 4 is 23.4 Å². The number of hydrogen-bond acceptors (Lipinski definition) is 6. The second kappa shape index (κ2) is 10.7. The van der Waals surface area contributed by atoms with Gasteiger partial charge in [0, 0.05) is 6.92 Å². The molecule has 1 saturated heterocycles. The average molecular weight is 444 g/mol. The molecule has 2 heterocycles. The first kappa shape index (κ1) is 25.5. The van der Waals surface area contributed by atoms with Crippen molar-refractivity contribution in [2.45, 2.75) is 72.1 Å². The number of ether oxygens (including phenoxy) is 1. The smallest absolute Gasteiger partial charge is 0.322 e. The molecule has 174 valence electrons. The number of aliphatic hydroxyl groups excluding tert-OH is 1. The van der Waals surface area contributed by atoms with Crippen molar-refractivity contribution in [2.75, 3.05) is 0 Å². The molecule has 1 fully saturated rings. The summed E-state index contributed by atoms with van der Waals surface area (Å²) in [6.07, 6.45) is 10.9. The number of Topliss-reactive ketones (excluding diaryl/α,β-unsaturated/α-hetero) is 2. The molecule has 7 heteroatoms. The van der Waals surface area contributed by atoms with Crippen molar-refractivity contribution in [1.29, 1.82) is 0 Å². The molecular weight excluding hydrogens is 410 g/mol. The van der Waals surface area contributed by atoms with Gasteiger partial charge in [-0.3, -0.25) is 19.2 Å². The van der Waals surface area contributed by atoms with Gasteiger partial charge in [-0.1, -0.05) is 54.5 Å². The average Bonchev–Trinajstić information content (AvgIpc) is 2.74. The predicted octanol–water partition coefficient (Wildman–Crippen LogP) is 2.75. The van der Waals surface area contributed by atoms with Crippen LogP contribution in [0.5, 0.6) is 0 Å². The maximum Gasteiger partial charge on any atom is 0.322 e. The van der Waals surface area contributed by atoms with Gasteiger partial charge < -0.3 is 15.2 Å². The number of carbonyl (C=O) groups is 4. The molecule has 7 nitrogen and oxygen atoms in total. The lowest BCUT2D eigenvalue weighted by atomic mass is 9.70. The van der Waals surface area contributed by atoms with Gasteiger partial charge in [0.1, 0.15) is 11.5 Å². The summed E-state index contributed by atoms with van der Waals surface area (Å²) in [5.74, 6) is -3.26. The van der Waals surface area contributed by atoms with Crippen molar-refractivity contribution in [1.82, 2.24) is 5.32 Å². The number of ketones is 2. The first-order valence-electron chi connectivity index (χ1n) is 10.9.